The number of hydrogen-bond acceptors (Lipinski definition) is 2. The summed E-state index contributed by atoms with van der Waals surface area (Å²) in [7, 11) is 1.81. The Morgan fingerprint density at radius 3 is 2.50 bits per heavy atom. The predicted octanol–water partition coefficient (Wildman–Crippen LogP) is 2.54. The number of rotatable bonds is 3. The van der Waals surface area contributed by atoms with Gasteiger partial charge in [0.05, 0.1) is 5.69 Å². The number of nitrogens with one attached hydrogen (secondary N) is 1. The average Bonchev–Trinajstić information content (AvgIpc) is 2.68. The molecule has 4 nitrogen and oxygen atoms in total. The number of amides is 1. The topological polar surface area (TPSA) is 46.9 Å². The van der Waals surface area contributed by atoms with Crippen LogP contribution in [0.4, 0.5) is 5.82 Å². The third kappa shape index (κ3) is 2.59. The quantitative estimate of drug-likeness (QED) is 0.900. The number of anilines is 1. The summed E-state index contributed by atoms with van der Waals surface area (Å²) >= 11 is 0. The van der Waals surface area contributed by atoms with Crippen molar-refractivity contribution in [3.8, 4) is 0 Å². The lowest BCUT2D eigenvalue weighted by Crippen LogP contribution is -2.14. The first kappa shape index (κ1) is 12.4. The average molecular weight is 243 g/mol. The number of aryl methyl sites for hydroxylation is 3. The monoisotopic (exact) mass is 243 g/mol. The van der Waals surface area contributed by atoms with Gasteiger partial charge in [0.2, 0.25) is 0 Å². The second kappa shape index (κ2) is 5.04. The standard InChI is InChI=1S/C14H17N3O/c1-4-11-5-7-12(8-6-11)14(18)15-13-9-10(2)16-17(13)3/h5-9H,4H2,1-3H3,(H,15,18). The molecular formula is C14H17N3O. The molecule has 1 aromatic heterocycles. The molecule has 1 aromatic carbocycles. The van der Waals surface area contributed by atoms with Crippen molar-refractivity contribution in [2.24, 2.45) is 7.05 Å². The molecule has 0 unspecified atom stereocenters. The number of aromatic nitrogens is 2. The first-order chi connectivity index (χ1) is 8.60. The van der Waals surface area contributed by atoms with Crippen LogP contribution in [-0.2, 0) is 13.5 Å². The SMILES string of the molecule is CCc1ccc(C(=O)Nc2cc(C)nn2C)cc1. The molecule has 0 spiro atoms. The van der Waals surface area contributed by atoms with Gasteiger partial charge in [-0.1, -0.05) is 19.1 Å². The van der Waals surface area contributed by atoms with Crippen LogP contribution in [0.15, 0.2) is 30.3 Å². The summed E-state index contributed by atoms with van der Waals surface area (Å²) in [5, 5.41) is 7.03. The van der Waals surface area contributed by atoms with Crippen molar-refractivity contribution in [1.29, 1.82) is 0 Å². The van der Waals surface area contributed by atoms with Gasteiger partial charge in [0.15, 0.2) is 0 Å². The van der Waals surface area contributed by atoms with Crippen LogP contribution in [0.25, 0.3) is 0 Å². The smallest absolute Gasteiger partial charge is 0.256 e. The van der Waals surface area contributed by atoms with Crippen LogP contribution in [0, 0.1) is 6.92 Å². The Morgan fingerprint density at radius 2 is 2.00 bits per heavy atom. The molecule has 0 aliphatic heterocycles. The second-order valence-corrected chi connectivity index (χ2v) is 4.30. The van der Waals surface area contributed by atoms with Crippen molar-refractivity contribution in [2.45, 2.75) is 20.3 Å². The van der Waals surface area contributed by atoms with Gasteiger partial charge in [-0.25, -0.2) is 0 Å². The predicted molar refractivity (Wildman–Crippen MR) is 71.7 cm³/mol. The normalized spacial score (nSPS) is 10.4. The Labute approximate surface area is 107 Å². The van der Waals surface area contributed by atoms with Crippen molar-refractivity contribution in [2.75, 3.05) is 5.32 Å². The van der Waals surface area contributed by atoms with Crippen molar-refractivity contribution < 1.29 is 4.79 Å². The molecule has 1 heterocycles. The summed E-state index contributed by atoms with van der Waals surface area (Å²) in [4.78, 5) is 12.0. The number of hydrogen-bond donors (Lipinski definition) is 1. The molecule has 0 aliphatic rings. The Bertz CT molecular complexity index is 555. The van der Waals surface area contributed by atoms with Crippen LogP contribution in [-0.4, -0.2) is 15.7 Å². The van der Waals surface area contributed by atoms with Crippen LogP contribution in [0.5, 0.6) is 0 Å². The Morgan fingerprint density at radius 1 is 1.33 bits per heavy atom. The zero-order valence-corrected chi connectivity index (χ0v) is 10.9. The zero-order valence-electron chi connectivity index (χ0n) is 10.9. The summed E-state index contributed by atoms with van der Waals surface area (Å²) in [6.07, 6.45) is 0.975. The third-order valence-electron chi connectivity index (χ3n) is 2.87. The fraction of sp³-hybridized carbons (Fsp3) is 0.286. The lowest BCUT2D eigenvalue weighted by Gasteiger charge is -2.05. The van der Waals surface area contributed by atoms with E-state index in [9.17, 15) is 4.79 Å². The van der Waals surface area contributed by atoms with Crippen LogP contribution in [0.3, 0.4) is 0 Å². The molecule has 1 amide bonds. The number of nitrogens with zero attached hydrogens (tertiary/aromatic N) is 2. The first-order valence-electron chi connectivity index (χ1n) is 6.01. The number of carbonyl (C=O) groups is 1. The van der Waals surface area contributed by atoms with E-state index in [0.717, 1.165) is 12.1 Å². The minimum Gasteiger partial charge on any atom is -0.307 e. The first-order valence-corrected chi connectivity index (χ1v) is 6.01. The summed E-state index contributed by atoms with van der Waals surface area (Å²) in [5.41, 5.74) is 2.77. The second-order valence-electron chi connectivity index (χ2n) is 4.30. The molecule has 0 aliphatic carbocycles. The van der Waals surface area contributed by atoms with E-state index in [1.54, 1.807) is 4.68 Å². The van der Waals surface area contributed by atoms with Crippen LogP contribution >= 0.6 is 0 Å². The third-order valence-corrected chi connectivity index (χ3v) is 2.87. The maximum Gasteiger partial charge on any atom is 0.256 e. The highest BCUT2D eigenvalue weighted by Crippen LogP contribution is 2.11. The fourth-order valence-corrected chi connectivity index (χ4v) is 1.81. The molecule has 0 radical (unpaired) electrons. The molecule has 0 saturated carbocycles. The van der Waals surface area contributed by atoms with Crippen molar-refractivity contribution >= 4 is 11.7 Å². The highest BCUT2D eigenvalue weighted by atomic mass is 16.1. The molecule has 0 atom stereocenters. The van der Waals surface area contributed by atoms with Crippen molar-refractivity contribution in [3.05, 3.63) is 47.2 Å². The van der Waals surface area contributed by atoms with Gasteiger partial charge >= 0.3 is 0 Å². The van der Waals surface area contributed by atoms with E-state index < -0.39 is 0 Å². The molecule has 94 valence electrons. The summed E-state index contributed by atoms with van der Waals surface area (Å²) in [6, 6.07) is 9.49. The minimum atomic E-state index is -0.111. The zero-order chi connectivity index (χ0) is 13.1. The lowest BCUT2D eigenvalue weighted by atomic mass is 10.1. The summed E-state index contributed by atoms with van der Waals surface area (Å²) in [5.74, 6) is 0.595. The highest BCUT2D eigenvalue weighted by molar-refractivity contribution is 6.03. The van der Waals surface area contributed by atoms with E-state index in [1.165, 1.54) is 5.56 Å². The highest BCUT2D eigenvalue weighted by Gasteiger charge is 2.09. The van der Waals surface area contributed by atoms with Crippen LogP contribution in [0.1, 0.15) is 28.5 Å². The van der Waals surface area contributed by atoms with E-state index in [1.807, 2.05) is 44.3 Å². The number of carbonyl (C=O) groups excluding carboxylic acids is 1. The van der Waals surface area contributed by atoms with Crippen LogP contribution < -0.4 is 5.32 Å². The summed E-state index contributed by atoms with van der Waals surface area (Å²) in [6.45, 7) is 3.99. The van der Waals surface area contributed by atoms with E-state index >= 15 is 0 Å². The van der Waals surface area contributed by atoms with Crippen molar-refractivity contribution in [3.63, 3.8) is 0 Å². The van der Waals surface area contributed by atoms with Gasteiger partial charge in [-0.3, -0.25) is 9.48 Å². The molecule has 0 bridgehead atoms. The van der Waals surface area contributed by atoms with E-state index in [2.05, 4.69) is 17.3 Å². The van der Waals surface area contributed by atoms with Gasteiger partial charge in [0.25, 0.3) is 5.91 Å². The Balaban J connectivity index is 2.14. The minimum absolute atomic E-state index is 0.111. The molecule has 18 heavy (non-hydrogen) atoms. The van der Waals surface area contributed by atoms with E-state index in [4.69, 9.17) is 0 Å². The van der Waals surface area contributed by atoms with E-state index in [-0.39, 0.29) is 5.91 Å². The largest absolute Gasteiger partial charge is 0.307 e. The molecule has 2 rings (SSSR count). The molecule has 0 saturated heterocycles. The van der Waals surface area contributed by atoms with Gasteiger partial charge < -0.3 is 5.32 Å². The lowest BCUT2D eigenvalue weighted by molar-refractivity contribution is 0.102. The molecule has 4 heteroatoms. The van der Waals surface area contributed by atoms with Gasteiger partial charge in [-0.2, -0.15) is 5.10 Å². The molecule has 2 aromatic rings. The van der Waals surface area contributed by atoms with Gasteiger partial charge in [0.1, 0.15) is 5.82 Å². The molecule has 1 N–H and O–H groups in total. The van der Waals surface area contributed by atoms with Crippen LogP contribution in [0.2, 0.25) is 0 Å². The maximum absolute atomic E-state index is 12.0. The van der Waals surface area contributed by atoms with Gasteiger partial charge in [0, 0.05) is 18.7 Å². The number of benzene rings is 1. The fourth-order valence-electron chi connectivity index (χ4n) is 1.81. The van der Waals surface area contributed by atoms with E-state index in [0.29, 0.717) is 11.4 Å². The van der Waals surface area contributed by atoms with Gasteiger partial charge in [-0.05, 0) is 31.0 Å². The molecule has 0 fully saturated rings. The Hall–Kier alpha value is -2.10. The Kier molecular flexibility index (Phi) is 3.46. The van der Waals surface area contributed by atoms with Gasteiger partial charge in [-0.15, -0.1) is 0 Å². The maximum atomic E-state index is 12.0. The summed E-state index contributed by atoms with van der Waals surface area (Å²) < 4.78 is 1.66. The van der Waals surface area contributed by atoms with Crippen molar-refractivity contribution in [1.82, 2.24) is 9.78 Å². The molecular weight excluding hydrogens is 226 g/mol.